The van der Waals surface area contributed by atoms with Gasteiger partial charge < -0.3 is 19.7 Å². The highest BCUT2D eigenvalue weighted by Crippen LogP contribution is 2.11. The van der Waals surface area contributed by atoms with Gasteiger partial charge in [0.1, 0.15) is 0 Å². The third-order valence-corrected chi connectivity index (χ3v) is 4.44. The van der Waals surface area contributed by atoms with Crippen molar-refractivity contribution in [1.82, 2.24) is 14.6 Å². The van der Waals surface area contributed by atoms with Crippen molar-refractivity contribution in [1.29, 1.82) is 0 Å². The molecule has 1 aliphatic rings. The summed E-state index contributed by atoms with van der Waals surface area (Å²) in [5.74, 6) is 0. The van der Waals surface area contributed by atoms with Crippen LogP contribution in [0.5, 0.6) is 0 Å². The van der Waals surface area contributed by atoms with Crippen molar-refractivity contribution in [3.63, 3.8) is 0 Å². The minimum Gasteiger partial charge on any atom is -0.390 e. The molecule has 0 radical (unpaired) electrons. The quantitative estimate of drug-likeness (QED) is 0.654. The average molecular weight is 289 g/mol. The number of sulfonamides is 1. The third-order valence-electron chi connectivity index (χ3n) is 3.04. The van der Waals surface area contributed by atoms with Gasteiger partial charge in [-0.3, -0.25) is 0 Å². The number of H-pyrrole nitrogens is 1. The topological polar surface area (TPSA) is 94.7 Å². The number of rotatable bonds is 5. The number of nitrogens with one attached hydrogen (secondary N) is 2. The van der Waals surface area contributed by atoms with Gasteiger partial charge in [-0.1, -0.05) is 0 Å². The van der Waals surface area contributed by atoms with Crippen LogP contribution in [0.25, 0.3) is 0 Å². The molecule has 19 heavy (non-hydrogen) atoms. The van der Waals surface area contributed by atoms with E-state index >= 15 is 0 Å². The fourth-order valence-electron chi connectivity index (χ4n) is 1.94. The van der Waals surface area contributed by atoms with E-state index in [1.807, 2.05) is 7.05 Å². The molecule has 0 aliphatic carbocycles. The summed E-state index contributed by atoms with van der Waals surface area (Å²) in [5.41, 5.74) is 0.467. The van der Waals surface area contributed by atoms with Gasteiger partial charge in [-0.15, -0.1) is 0 Å². The molecule has 1 atom stereocenters. The van der Waals surface area contributed by atoms with E-state index in [4.69, 9.17) is 9.84 Å². The van der Waals surface area contributed by atoms with Crippen LogP contribution in [0.1, 0.15) is 5.69 Å². The van der Waals surface area contributed by atoms with Crippen molar-refractivity contribution in [2.45, 2.75) is 17.6 Å². The molecular weight excluding hydrogens is 270 g/mol. The van der Waals surface area contributed by atoms with E-state index < -0.39 is 10.0 Å². The van der Waals surface area contributed by atoms with Gasteiger partial charge in [-0.05, 0) is 13.1 Å². The molecular formula is C11H19N3O4S. The molecule has 0 aromatic carbocycles. The van der Waals surface area contributed by atoms with Gasteiger partial charge in [-0.25, -0.2) is 13.1 Å². The Morgan fingerprint density at radius 2 is 2.42 bits per heavy atom. The summed E-state index contributed by atoms with van der Waals surface area (Å²) in [5, 5.41) is 8.91. The van der Waals surface area contributed by atoms with Crippen LogP contribution in [0.2, 0.25) is 0 Å². The largest absolute Gasteiger partial charge is 0.390 e. The molecule has 2 rings (SSSR count). The molecule has 3 N–H and O–H groups in total. The van der Waals surface area contributed by atoms with Gasteiger partial charge in [-0.2, -0.15) is 0 Å². The van der Waals surface area contributed by atoms with E-state index in [-0.39, 0.29) is 24.2 Å². The molecule has 108 valence electrons. The Labute approximate surface area is 112 Å². The van der Waals surface area contributed by atoms with Gasteiger partial charge in [0, 0.05) is 31.5 Å². The van der Waals surface area contributed by atoms with E-state index in [9.17, 15) is 8.42 Å². The molecule has 1 unspecified atom stereocenters. The molecule has 2 heterocycles. The number of aromatic amines is 1. The van der Waals surface area contributed by atoms with E-state index in [1.54, 1.807) is 0 Å². The maximum atomic E-state index is 12.0. The molecule has 0 spiro atoms. The maximum absolute atomic E-state index is 12.0. The number of ether oxygens (including phenoxy) is 1. The molecule has 0 saturated carbocycles. The molecule has 1 saturated heterocycles. The van der Waals surface area contributed by atoms with Crippen LogP contribution in [0.15, 0.2) is 17.2 Å². The Bertz CT molecular complexity index is 514. The smallest absolute Gasteiger partial charge is 0.242 e. The minimum absolute atomic E-state index is 0.126. The van der Waals surface area contributed by atoms with E-state index in [0.717, 1.165) is 6.54 Å². The molecule has 1 fully saturated rings. The first-order chi connectivity index (χ1) is 9.01. The van der Waals surface area contributed by atoms with Crippen molar-refractivity contribution in [3.8, 4) is 0 Å². The zero-order valence-corrected chi connectivity index (χ0v) is 11.6. The van der Waals surface area contributed by atoms with Crippen LogP contribution < -0.4 is 4.72 Å². The highest BCUT2D eigenvalue weighted by Gasteiger charge is 2.21. The first-order valence-corrected chi connectivity index (χ1v) is 7.57. The lowest BCUT2D eigenvalue weighted by atomic mass is 10.3. The van der Waals surface area contributed by atoms with Gasteiger partial charge >= 0.3 is 0 Å². The molecule has 0 bridgehead atoms. The summed E-state index contributed by atoms with van der Waals surface area (Å²) in [6.45, 7) is 2.21. The van der Waals surface area contributed by atoms with Gasteiger partial charge in [0.15, 0.2) is 0 Å². The number of likely N-dealkylation sites (N-methyl/N-ethyl adjacent to an activating group) is 1. The summed E-state index contributed by atoms with van der Waals surface area (Å²) in [6.07, 6.45) is 1.23. The van der Waals surface area contributed by atoms with E-state index in [1.165, 1.54) is 12.3 Å². The Balaban J connectivity index is 1.93. The third kappa shape index (κ3) is 3.77. The lowest BCUT2D eigenvalue weighted by Crippen LogP contribution is -2.45. The average Bonchev–Trinajstić information content (AvgIpc) is 2.86. The van der Waals surface area contributed by atoms with Gasteiger partial charge in [0.2, 0.25) is 10.0 Å². The van der Waals surface area contributed by atoms with Crippen molar-refractivity contribution in [2.24, 2.45) is 0 Å². The zero-order valence-electron chi connectivity index (χ0n) is 10.8. The molecule has 0 amide bonds. The van der Waals surface area contributed by atoms with Crippen LogP contribution in [-0.4, -0.2) is 62.8 Å². The molecule has 1 aromatic rings. The predicted molar refractivity (Wildman–Crippen MR) is 69.1 cm³/mol. The number of hydrogen-bond donors (Lipinski definition) is 3. The number of morpholine rings is 1. The molecule has 7 nitrogen and oxygen atoms in total. The maximum Gasteiger partial charge on any atom is 0.242 e. The van der Waals surface area contributed by atoms with Crippen LogP contribution in [-0.2, 0) is 21.4 Å². The summed E-state index contributed by atoms with van der Waals surface area (Å²) < 4.78 is 32.0. The second-order valence-corrected chi connectivity index (χ2v) is 6.39. The van der Waals surface area contributed by atoms with Crippen LogP contribution in [0.3, 0.4) is 0 Å². The summed E-state index contributed by atoms with van der Waals surface area (Å²) >= 11 is 0. The van der Waals surface area contributed by atoms with E-state index in [0.29, 0.717) is 18.8 Å². The SMILES string of the molecule is CN1CCOC(CNS(=O)(=O)c2c[nH]c(CO)c2)C1. The molecule has 8 heteroatoms. The first kappa shape index (κ1) is 14.5. The number of aliphatic hydroxyl groups excluding tert-OH is 1. The standard InChI is InChI=1S/C11H19N3O4S/c1-14-2-3-18-10(7-14)5-13-19(16,17)11-4-9(8-15)12-6-11/h4,6,10,12-13,15H,2-3,5,7-8H2,1H3. The lowest BCUT2D eigenvalue weighted by molar-refractivity contribution is -0.0156. The predicted octanol–water partition coefficient (Wildman–Crippen LogP) is -0.884. The second-order valence-electron chi connectivity index (χ2n) is 4.63. The van der Waals surface area contributed by atoms with Crippen LogP contribution >= 0.6 is 0 Å². The zero-order chi connectivity index (χ0) is 13.9. The minimum atomic E-state index is -3.56. The molecule has 1 aromatic heterocycles. The highest BCUT2D eigenvalue weighted by atomic mass is 32.2. The molecule has 1 aliphatic heterocycles. The Morgan fingerprint density at radius 3 is 3.05 bits per heavy atom. The lowest BCUT2D eigenvalue weighted by Gasteiger charge is -2.29. The van der Waals surface area contributed by atoms with E-state index in [2.05, 4.69) is 14.6 Å². The number of aliphatic hydroxyl groups is 1. The van der Waals surface area contributed by atoms with Crippen molar-refractivity contribution < 1.29 is 18.3 Å². The fourth-order valence-corrected chi connectivity index (χ4v) is 3.03. The summed E-state index contributed by atoms with van der Waals surface area (Å²) in [4.78, 5) is 4.92. The highest BCUT2D eigenvalue weighted by molar-refractivity contribution is 7.89. The Kier molecular flexibility index (Phi) is 4.58. The monoisotopic (exact) mass is 289 g/mol. The number of aromatic nitrogens is 1. The first-order valence-electron chi connectivity index (χ1n) is 6.09. The summed E-state index contributed by atoms with van der Waals surface area (Å²) in [6, 6.07) is 1.41. The van der Waals surface area contributed by atoms with Crippen LogP contribution in [0.4, 0.5) is 0 Å². The van der Waals surface area contributed by atoms with Gasteiger partial charge in [0.25, 0.3) is 0 Å². The fraction of sp³-hybridized carbons (Fsp3) is 0.636. The number of nitrogens with zero attached hydrogens (tertiary/aromatic N) is 1. The number of hydrogen-bond acceptors (Lipinski definition) is 5. The normalized spacial score (nSPS) is 21.7. The Hall–Kier alpha value is -0.930. The van der Waals surface area contributed by atoms with Crippen LogP contribution in [0, 0.1) is 0 Å². The second kappa shape index (κ2) is 6.02. The van der Waals surface area contributed by atoms with Gasteiger partial charge in [0.05, 0.1) is 24.2 Å². The Morgan fingerprint density at radius 1 is 1.63 bits per heavy atom. The summed E-state index contributed by atoms with van der Waals surface area (Å²) in [7, 11) is -1.58. The van der Waals surface area contributed by atoms with Crippen molar-refractivity contribution in [2.75, 3.05) is 33.3 Å². The van der Waals surface area contributed by atoms with Crippen molar-refractivity contribution >= 4 is 10.0 Å². The van der Waals surface area contributed by atoms with Crippen molar-refractivity contribution in [3.05, 3.63) is 18.0 Å².